The minimum absolute atomic E-state index is 0.00366. The molecule has 1 unspecified atom stereocenters. The molecule has 0 spiro atoms. The van der Waals surface area contributed by atoms with Gasteiger partial charge < -0.3 is 11.1 Å². The van der Waals surface area contributed by atoms with Gasteiger partial charge in [0.2, 0.25) is 0 Å². The molecule has 0 aliphatic carbocycles. The first kappa shape index (κ1) is 13.5. The summed E-state index contributed by atoms with van der Waals surface area (Å²) in [6, 6.07) is 1.83. The smallest absolute Gasteiger partial charge is 0.252 e. The van der Waals surface area contributed by atoms with Crippen LogP contribution in [0.5, 0.6) is 0 Å². The molecule has 1 aliphatic rings. The largest absolute Gasteiger partial charge is 0.352 e. The van der Waals surface area contributed by atoms with Crippen molar-refractivity contribution in [3.05, 3.63) is 21.9 Å². The first-order valence-electron chi connectivity index (χ1n) is 5.93. The zero-order valence-corrected chi connectivity index (χ0v) is 11.7. The summed E-state index contributed by atoms with van der Waals surface area (Å²) in [5.74, 6) is 8.75. The van der Waals surface area contributed by atoms with E-state index in [0.29, 0.717) is 18.0 Å². The minimum Gasteiger partial charge on any atom is -0.352 e. The number of carbonyl (C=O) groups excluding carboxylic acids is 1. The summed E-state index contributed by atoms with van der Waals surface area (Å²) in [6.45, 7) is 1.13. The fourth-order valence-corrected chi connectivity index (χ4v) is 3.78. The van der Waals surface area contributed by atoms with Crippen LogP contribution in [-0.2, 0) is 0 Å². The number of nitrogens with one attached hydrogen (secondary N) is 1. The second-order valence-electron chi connectivity index (χ2n) is 4.15. The highest BCUT2D eigenvalue weighted by atomic mass is 32.2. The van der Waals surface area contributed by atoms with E-state index >= 15 is 0 Å². The van der Waals surface area contributed by atoms with Crippen LogP contribution < -0.4 is 11.1 Å². The van der Waals surface area contributed by atoms with Gasteiger partial charge >= 0.3 is 0 Å². The van der Waals surface area contributed by atoms with Gasteiger partial charge in [0.15, 0.2) is 0 Å². The first-order chi connectivity index (χ1) is 8.79. The van der Waals surface area contributed by atoms with E-state index in [0.717, 1.165) is 17.2 Å². The molecule has 18 heavy (non-hydrogen) atoms. The van der Waals surface area contributed by atoms with Crippen molar-refractivity contribution < 1.29 is 4.79 Å². The molecule has 5 heteroatoms. The summed E-state index contributed by atoms with van der Waals surface area (Å²) in [7, 11) is 0. The Kier molecular flexibility index (Phi) is 5.12. The first-order valence-corrected chi connectivity index (χ1v) is 7.96. The number of hydrogen-bond acceptors (Lipinski definition) is 4. The maximum atomic E-state index is 11.9. The van der Waals surface area contributed by atoms with Crippen LogP contribution in [0.1, 0.15) is 21.7 Å². The van der Waals surface area contributed by atoms with Crippen LogP contribution in [-0.4, -0.2) is 30.5 Å². The van der Waals surface area contributed by atoms with Crippen molar-refractivity contribution in [3.63, 3.8) is 0 Å². The minimum atomic E-state index is 0.00366. The number of nitrogens with two attached hydrogens (primary N) is 1. The van der Waals surface area contributed by atoms with Crippen molar-refractivity contribution in [1.29, 1.82) is 0 Å². The van der Waals surface area contributed by atoms with Gasteiger partial charge in [-0.1, -0.05) is 11.8 Å². The molecule has 2 rings (SSSR count). The van der Waals surface area contributed by atoms with Gasteiger partial charge in [0.1, 0.15) is 0 Å². The van der Waals surface area contributed by atoms with Crippen molar-refractivity contribution >= 4 is 29.0 Å². The Morgan fingerprint density at radius 3 is 3.22 bits per heavy atom. The van der Waals surface area contributed by atoms with E-state index in [1.54, 1.807) is 0 Å². The van der Waals surface area contributed by atoms with Gasteiger partial charge in [0, 0.05) is 11.9 Å². The molecule has 1 aromatic rings. The van der Waals surface area contributed by atoms with Crippen LogP contribution in [0, 0.1) is 17.8 Å². The lowest BCUT2D eigenvalue weighted by Crippen LogP contribution is -2.28. The monoisotopic (exact) mass is 280 g/mol. The summed E-state index contributed by atoms with van der Waals surface area (Å²) in [5.41, 5.74) is 6.01. The molecule has 0 bridgehead atoms. The number of thioether (sulfide) groups is 1. The fraction of sp³-hybridized carbons (Fsp3) is 0.462. The summed E-state index contributed by atoms with van der Waals surface area (Å²) >= 11 is 3.45. The number of thiophene rings is 1. The Labute approximate surface area is 116 Å². The van der Waals surface area contributed by atoms with E-state index in [4.69, 9.17) is 5.73 Å². The second kappa shape index (κ2) is 6.83. The Balaban J connectivity index is 1.86. The average Bonchev–Trinajstić information content (AvgIpc) is 3.04. The van der Waals surface area contributed by atoms with E-state index in [1.165, 1.54) is 23.5 Å². The maximum absolute atomic E-state index is 11.9. The van der Waals surface area contributed by atoms with Gasteiger partial charge in [-0.05, 0) is 29.9 Å². The number of hydrogen-bond donors (Lipinski definition) is 2. The second-order valence-corrected chi connectivity index (χ2v) is 6.21. The van der Waals surface area contributed by atoms with Gasteiger partial charge in [-0.2, -0.15) is 11.8 Å². The Morgan fingerprint density at radius 2 is 2.50 bits per heavy atom. The standard InChI is InChI=1S/C13H16N2OS2/c14-4-1-2-12-6-11(9-18-12)13(16)15-7-10-3-5-17-8-10/h6,9-10H,3-5,7-8,14H2,(H,15,16). The van der Waals surface area contributed by atoms with Crippen LogP contribution in [0.25, 0.3) is 0 Å². The molecule has 1 amide bonds. The quantitative estimate of drug-likeness (QED) is 0.826. The third-order valence-corrected chi connectivity index (χ3v) is 4.83. The predicted molar refractivity (Wildman–Crippen MR) is 78.0 cm³/mol. The molecule has 96 valence electrons. The van der Waals surface area contributed by atoms with Crippen LogP contribution in [0.2, 0.25) is 0 Å². The molecule has 3 nitrogen and oxygen atoms in total. The Morgan fingerprint density at radius 1 is 1.61 bits per heavy atom. The molecule has 2 heterocycles. The molecule has 0 radical (unpaired) electrons. The molecular formula is C13H16N2OS2. The summed E-state index contributed by atoms with van der Waals surface area (Å²) in [5, 5.41) is 4.84. The van der Waals surface area contributed by atoms with E-state index in [-0.39, 0.29) is 5.91 Å². The fourth-order valence-electron chi connectivity index (χ4n) is 1.74. The van der Waals surface area contributed by atoms with Crippen LogP contribution >= 0.6 is 23.1 Å². The topological polar surface area (TPSA) is 55.1 Å². The van der Waals surface area contributed by atoms with Crippen molar-refractivity contribution in [2.45, 2.75) is 6.42 Å². The van der Waals surface area contributed by atoms with E-state index < -0.39 is 0 Å². The lowest BCUT2D eigenvalue weighted by molar-refractivity contribution is 0.0949. The number of carbonyl (C=O) groups is 1. The van der Waals surface area contributed by atoms with Crippen LogP contribution in [0.15, 0.2) is 11.4 Å². The highest BCUT2D eigenvalue weighted by molar-refractivity contribution is 7.99. The molecule has 1 fully saturated rings. The summed E-state index contributed by atoms with van der Waals surface area (Å²) in [6.07, 6.45) is 1.21. The Bertz CT molecular complexity index is 467. The molecule has 0 aromatic carbocycles. The molecular weight excluding hydrogens is 264 g/mol. The lowest BCUT2D eigenvalue weighted by Gasteiger charge is -2.08. The lowest BCUT2D eigenvalue weighted by atomic mass is 10.1. The third kappa shape index (κ3) is 3.77. The number of rotatable bonds is 3. The molecule has 1 aromatic heterocycles. The molecule has 0 saturated carbocycles. The van der Waals surface area contributed by atoms with E-state index in [2.05, 4.69) is 17.2 Å². The normalized spacial score (nSPS) is 18.2. The van der Waals surface area contributed by atoms with Gasteiger partial charge in [0.25, 0.3) is 5.91 Å². The van der Waals surface area contributed by atoms with E-state index in [9.17, 15) is 4.79 Å². The highest BCUT2D eigenvalue weighted by Crippen LogP contribution is 2.22. The highest BCUT2D eigenvalue weighted by Gasteiger charge is 2.16. The molecule has 1 aliphatic heterocycles. The van der Waals surface area contributed by atoms with E-state index in [1.807, 2.05) is 23.2 Å². The molecule has 3 N–H and O–H groups in total. The zero-order chi connectivity index (χ0) is 12.8. The van der Waals surface area contributed by atoms with Gasteiger partial charge in [-0.3, -0.25) is 4.79 Å². The number of amides is 1. The molecule has 1 saturated heterocycles. The van der Waals surface area contributed by atoms with Crippen molar-refractivity contribution in [2.75, 3.05) is 24.6 Å². The van der Waals surface area contributed by atoms with Crippen LogP contribution in [0.3, 0.4) is 0 Å². The van der Waals surface area contributed by atoms with Gasteiger partial charge in [-0.25, -0.2) is 0 Å². The maximum Gasteiger partial charge on any atom is 0.252 e. The average molecular weight is 280 g/mol. The zero-order valence-electron chi connectivity index (χ0n) is 10.1. The van der Waals surface area contributed by atoms with Crippen molar-refractivity contribution in [2.24, 2.45) is 11.7 Å². The third-order valence-electron chi connectivity index (χ3n) is 2.75. The van der Waals surface area contributed by atoms with Gasteiger partial charge in [0.05, 0.1) is 17.0 Å². The predicted octanol–water partition coefficient (Wildman–Crippen LogP) is 1.54. The van der Waals surface area contributed by atoms with Gasteiger partial charge in [-0.15, -0.1) is 11.3 Å². The summed E-state index contributed by atoms with van der Waals surface area (Å²) in [4.78, 5) is 12.8. The van der Waals surface area contributed by atoms with Crippen molar-refractivity contribution in [1.82, 2.24) is 5.32 Å². The van der Waals surface area contributed by atoms with Crippen molar-refractivity contribution in [3.8, 4) is 11.8 Å². The molecule has 1 atom stereocenters. The SMILES string of the molecule is NCC#Cc1cc(C(=O)NCC2CCSC2)cs1. The Hall–Kier alpha value is -0.960. The summed E-state index contributed by atoms with van der Waals surface area (Å²) < 4.78 is 0. The van der Waals surface area contributed by atoms with Crippen LogP contribution in [0.4, 0.5) is 0 Å².